The largest absolute Gasteiger partial charge is 0.458 e. The van der Waals surface area contributed by atoms with Crippen molar-refractivity contribution in [1.29, 1.82) is 0 Å². The van der Waals surface area contributed by atoms with Crippen molar-refractivity contribution in [1.82, 2.24) is 62.1 Å². The van der Waals surface area contributed by atoms with Crippen LogP contribution in [0.3, 0.4) is 0 Å². The number of fused-ring (bicyclic) bond motifs is 7. The summed E-state index contributed by atoms with van der Waals surface area (Å²) in [5.74, 6) is 0.257. The van der Waals surface area contributed by atoms with Crippen LogP contribution in [-0.2, 0) is 140 Å². The topological polar surface area (TPSA) is 440 Å². The molecular weight excluding hydrogens is 1500 g/mol. The van der Waals surface area contributed by atoms with E-state index in [0.717, 1.165) is 24.7 Å². The Morgan fingerprint density at radius 3 is 1.95 bits per heavy atom. The third kappa shape index (κ3) is 27.7. The number of carbonyl (C=O) groups excluding carboxylic acids is 8. The minimum atomic E-state index is -3.56. The standard InChI is InChI=1S/C77H101FN12O22S/c1-103-23-24-105-27-28-107-31-32-109-35-36-110-34-33-108-30-29-106-26-25-104-22-21-80-72(96)61(79-20-9-4-3-6-13-53-41-85-76(86-42-53)113(2,101)102)18-19-65(91)82-44-66(92)83-46-68(94)88-63(37-51-11-7-5-8-12-51)73(97)84-45-67(93)87-50-111-49-69(95)81-43-56-57-47-90-64(71(57)89-62-39-60(78)54-14-10-15-55(54)70(56)62)38-59-58(74(90)98)48-112-75(99)77(59,100)40-52-16-17-52/h5,7-8,11-12,38-39,41-42,52,61,63,79,100H,3-4,9-10,14-37,40,43-50H2,1-2H3,(H,80,96)(H,81,95)(H,82,91)(H,83,92)(H,84,97)(H,87,93)(H,88,94)/t61-,63-,77-/m0/s1. The summed E-state index contributed by atoms with van der Waals surface area (Å²) >= 11 is 0. The van der Waals surface area contributed by atoms with Crippen LogP contribution in [0.2, 0.25) is 0 Å². The molecule has 0 unspecified atom stereocenters. The molecule has 0 spiro atoms. The molecule has 3 aromatic heterocycles. The number of pyridine rings is 2. The number of carbonyl (C=O) groups is 8. The van der Waals surface area contributed by atoms with Crippen LogP contribution in [0.1, 0.15) is 102 Å². The number of methoxy groups -OCH3 is 1. The molecule has 1 fully saturated rings. The third-order valence-electron chi connectivity index (χ3n) is 18.7. The van der Waals surface area contributed by atoms with E-state index in [4.69, 9.17) is 52.4 Å². The average Bonchev–Trinajstić information content (AvgIpc) is 1.58. The summed E-state index contributed by atoms with van der Waals surface area (Å²) in [5, 5.41) is 33.5. The Hall–Kier alpha value is -9.36. The van der Waals surface area contributed by atoms with Crippen molar-refractivity contribution in [2.45, 2.75) is 120 Å². The number of sulfone groups is 1. The van der Waals surface area contributed by atoms with Crippen molar-refractivity contribution in [3.05, 3.63) is 116 Å². The molecule has 36 heteroatoms. The van der Waals surface area contributed by atoms with Crippen molar-refractivity contribution in [3.63, 3.8) is 0 Å². The fourth-order valence-electron chi connectivity index (χ4n) is 12.8. The smallest absolute Gasteiger partial charge is 0.343 e. The lowest BCUT2D eigenvalue weighted by Crippen LogP contribution is -2.52. The van der Waals surface area contributed by atoms with Gasteiger partial charge in [0.05, 0.1) is 159 Å². The number of aromatic nitrogens is 4. The molecule has 4 aliphatic rings. The molecule has 2 aliphatic heterocycles. The van der Waals surface area contributed by atoms with Crippen LogP contribution < -0.4 is 48.1 Å². The van der Waals surface area contributed by atoms with E-state index < -0.39 is 119 Å². The fourth-order valence-corrected chi connectivity index (χ4v) is 13.3. The highest BCUT2D eigenvalue weighted by atomic mass is 32.2. The number of unbranched alkanes of at least 4 members (excludes halogenated alkanes) is 2. The van der Waals surface area contributed by atoms with Crippen molar-refractivity contribution in [3.8, 4) is 23.2 Å². The first-order valence-corrected chi connectivity index (χ1v) is 39.7. The molecule has 0 saturated heterocycles. The predicted octanol–water partition coefficient (Wildman–Crippen LogP) is -0.0872. The average molecular weight is 1600 g/mol. The van der Waals surface area contributed by atoms with Gasteiger partial charge in [0.15, 0.2) is 5.60 Å². The maximum Gasteiger partial charge on any atom is 0.343 e. The normalized spacial score (nSPS) is 15.1. The molecule has 0 bridgehead atoms. The second kappa shape index (κ2) is 45.5. The number of amides is 7. The van der Waals surface area contributed by atoms with Crippen LogP contribution in [0.4, 0.5) is 4.39 Å². The first kappa shape index (κ1) is 87.6. The first-order chi connectivity index (χ1) is 54.7. The molecule has 5 heterocycles. The summed E-state index contributed by atoms with van der Waals surface area (Å²) in [7, 11) is -1.95. The Labute approximate surface area is 653 Å². The van der Waals surface area contributed by atoms with Crippen LogP contribution in [0.15, 0.2) is 64.8 Å². The summed E-state index contributed by atoms with van der Waals surface area (Å²) in [5.41, 5.74) is 2.48. The van der Waals surface area contributed by atoms with E-state index in [1.807, 2.05) is 0 Å². The second-order valence-corrected chi connectivity index (χ2v) is 29.1. The summed E-state index contributed by atoms with van der Waals surface area (Å²) in [4.78, 5) is 133. The molecule has 2 aliphatic carbocycles. The van der Waals surface area contributed by atoms with Gasteiger partial charge in [0.2, 0.25) is 56.3 Å². The maximum absolute atomic E-state index is 15.7. The minimum absolute atomic E-state index is 0.00908. The fraction of sp³-hybridized carbons (Fsp3) is 0.558. The predicted molar refractivity (Wildman–Crippen MR) is 403 cm³/mol. The quantitative estimate of drug-likeness (QED) is 0.00792. The van der Waals surface area contributed by atoms with Crippen molar-refractivity contribution in [2.24, 2.45) is 5.92 Å². The molecule has 1 saturated carbocycles. The number of esters is 1. The summed E-state index contributed by atoms with van der Waals surface area (Å²) in [6, 6.07) is 9.60. The number of aryl methyl sites for hydroxylation is 1. The monoisotopic (exact) mass is 1600 g/mol. The number of cyclic esters (lactones) is 1. The summed E-state index contributed by atoms with van der Waals surface area (Å²) in [6.45, 7) is 3.55. The highest BCUT2D eigenvalue weighted by molar-refractivity contribution is 7.90. The van der Waals surface area contributed by atoms with E-state index in [2.05, 4.69) is 64.3 Å². The Morgan fingerprint density at radius 2 is 1.29 bits per heavy atom. The number of benzene rings is 2. The van der Waals surface area contributed by atoms with E-state index in [0.29, 0.717) is 181 Å². The Bertz CT molecular complexity index is 4320. The molecule has 9 rings (SSSR count). The lowest BCUT2D eigenvalue weighted by Gasteiger charge is -2.32. The van der Waals surface area contributed by atoms with E-state index in [9.17, 15) is 56.7 Å². The first-order valence-electron chi connectivity index (χ1n) is 37.8. The molecule has 614 valence electrons. The lowest BCUT2D eigenvalue weighted by atomic mass is 9.84. The second-order valence-electron chi connectivity index (χ2n) is 27.2. The zero-order valence-corrected chi connectivity index (χ0v) is 64.5. The van der Waals surface area contributed by atoms with E-state index >= 15 is 4.39 Å². The molecule has 113 heavy (non-hydrogen) atoms. The maximum atomic E-state index is 15.7. The van der Waals surface area contributed by atoms with E-state index in [-0.39, 0.29) is 87.3 Å². The van der Waals surface area contributed by atoms with Gasteiger partial charge in [0.1, 0.15) is 31.8 Å². The van der Waals surface area contributed by atoms with Gasteiger partial charge in [-0.1, -0.05) is 55.0 Å². The van der Waals surface area contributed by atoms with Crippen LogP contribution in [0.25, 0.3) is 22.3 Å². The zero-order valence-electron chi connectivity index (χ0n) is 63.7. The Kier molecular flexibility index (Phi) is 35.3. The van der Waals surface area contributed by atoms with Gasteiger partial charge in [0.25, 0.3) is 5.56 Å². The van der Waals surface area contributed by atoms with Gasteiger partial charge < -0.3 is 99.6 Å². The number of nitrogens with one attached hydrogen (secondary N) is 8. The van der Waals surface area contributed by atoms with Gasteiger partial charge in [-0.25, -0.2) is 32.6 Å². The molecule has 0 radical (unpaired) electrons. The van der Waals surface area contributed by atoms with Gasteiger partial charge in [-0.15, -0.1) is 0 Å². The van der Waals surface area contributed by atoms with Gasteiger partial charge in [-0.05, 0) is 85.7 Å². The third-order valence-corrected chi connectivity index (χ3v) is 19.6. The zero-order chi connectivity index (χ0) is 80.4. The van der Waals surface area contributed by atoms with Gasteiger partial charge in [0, 0.05) is 80.7 Å². The molecular formula is C77H101FN12O22S. The van der Waals surface area contributed by atoms with E-state index in [1.54, 1.807) is 43.5 Å². The van der Waals surface area contributed by atoms with Crippen LogP contribution >= 0.6 is 0 Å². The van der Waals surface area contributed by atoms with Crippen molar-refractivity contribution < 1.29 is 104 Å². The van der Waals surface area contributed by atoms with Crippen LogP contribution in [0.5, 0.6) is 0 Å². The van der Waals surface area contributed by atoms with E-state index in [1.165, 1.54) is 23.0 Å². The van der Waals surface area contributed by atoms with Gasteiger partial charge >= 0.3 is 5.97 Å². The van der Waals surface area contributed by atoms with Gasteiger partial charge in [-0.2, -0.15) is 0 Å². The highest BCUT2D eigenvalue weighted by Gasteiger charge is 2.50. The van der Waals surface area contributed by atoms with Crippen molar-refractivity contribution >= 4 is 68.1 Å². The summed E-state index contributed by atoms with van der Waals surface area (Å²) < 4.78 is 94.9. The molecule has 34 nitrogen and oxygen atoms in total. The highest BCUT2D eigenvalue weighted by Crippen LogP contribution is 2.46. The number of hydrogen-bond acceptors (Lipinski definition) is 26. The number of hydrogen-bond donors (Lipinski definition) is 9. The Morgan fingerprint density at radius 1 is 0.681 bits per heavy atom. The number of ether oxygens (including phenoxy) is 10. The SMILES string of the molecule is COCCOCCOCCOCCOCCOCCOCCOCCNC(=O)[C@H](CCC(=O)NCC(=O)NCC(=O)N[C@@H](Cc1ccccc1)C(=O)NCC(=O)NCOCC(=O)NCc1c2c(nc3cc(F)c4c(c13)CCC4)-c1cc3c(c(=O)n1C2)COC(=O)[C@]3(O)CC1CC1)NCCCCC#Cc1cnc(S(C)(=O)=O)nc1. The number of nitrogens with zero attached hydrogens (tertiary/aromatic N) is 4. The molecule has 9 N–H and O–H groups in total. The molecule has 5 aromatic rings. The minimum Gasteiger partial charge on any atom is -0.458 e. The number of rotatable bonds is 52. The molecule has 3 atom stereocenters. The van der Waals surface area contributed by atoms with Crippen LogP contribution in [-0.4, -0.2) is 251 Å². The number of aliphatic hydroxyl groups is 1. The Balaban J connectivity index is 0.667. The number of halogens is 1. The molecule has 7 amide bonds. The van der Waals surface area contributed by atoms with Crippen LogP contribution in [0, 0.1) is 23.6 Å². The molecule has 2 aromatic carbocycles. The van der Waals surface area contributed by atoms with Crippen molar-refractivity contribution in [2.75, 3.05) is 159 Å². The lowest BCUT2D eigenvalue weighted by molar-refractivity contribution is -0.173. The summed E-state index contributed by atoms with van der Waals surface area (Å²) in [6.07, 6.45) is 8.76. The van der Waals surface area contributed by atoms with Gasteiger partial charge in [-0.3, -0.25) is 38.4 Å².